The fraction of sp³-hybridized carbons (Fsp3) is 0.231. The first kappa shape index (κ1) is 25.0. The molecule has 7 nitrogen and oxygen atoms in total. The summed E-state index contributed by atoms with van der Waals surface area (Å²) in [6, 6.07) is 22.1. The third-order valence-corrected chi connectivity index (χ3v) is 6.52. The number of anilines is 2. The summed E-state index contributed by atoms with van der Waals surface area (Å²) in [5.41, 5.74) is 2.94. The Labute approximate surface area is 200 Å². The number of hydrogen-bond donors (Lipinski definition) is 2. The van der Waals surface area contributed by atoms with Crippen LogP contribution >= 0.6 is 0 Å². The summed E-state index contributed by atoms with van der Waals surface area (Å²) in [5.74, 6) is -0.858. The van der Waals surface area contributed by atoms with E-state index in [9.17, 15) is 18.0 Å². The van der Waals surface area contributed by atoms with Crippen LogP contribution in [0.5, 0.6) is 0 Å². The van der Waals surface area contributed by atoms with Gasteiger partial charge in [-0.1, -0.05) is 67.1 Å². The predicted octanol–water partition coefficient (Wildman–Crippen LogP) is 4.11. The van der Waals surface area contributed by atoms with Crippen molar-refractivity contribution in [3.05, 3.63) is 95.6 Å². The van der Waals surface area contributed by atoms with Gasteiger partial charge < -0.3 is 10.6 Å². The van der Waals surface area contributed by atoms with Crippen molar-refractivity contribution in [3.8, 4) is 0 Å². The minimum Gasteiger partial charge on any atom is -0.348 e. The minimum absolute atomic E-state index is 0.245. The van der Waals surface area contributed by atoms with E-state index < -0.39 is 22.0 Å². The molecule has 0 bridgehead atoms. The highest BCUT2D eigenvalue weighted by Crippen LogP contribution is 2.24. The average molecular weight is 480 g/mol. The Morgan fingerprint density at radius 2 is 1.53 bits per heavy atom. The van der Waals surface area contributed by atoms with Gasteiger partial charge in [-0.25, -0.2) is 8.42 Å². The second-order valence-electron chi connectivity index (χ2n) is 8.02. The molecular weight excluding hydrogens is 450 g/mol. The maximum Gasteiger partial charge on any atom is 0.253 e. The van der Waals surface area contributed by atoms with Gasteiger partial charge in [-0.2, -0.15) is 0 Å². The van der Waals surface area contributed by atoms with Crippen LogP contribution in [0.3, 0.4) is 0 Å². The zero-order valence-electron chi connectivity index (χ0n) is 19.5. The molecule has 0 spiro atoms. The Morgan fingerprint density at radius 3 is 2.15 bits per heavy atom. The van der Waals surface area contributed by atoms with Crippen molar-refractivity contribution < 1.29 is 18.0 Å². The van der Waals surface area contributed by atoms with E-state index in [2.05, 4.69) is 10.6 Å². The van der Waals surface area contributed by atoms with Crippen LogP contribution in [-0.4, -0.2) is 32.5 Å². The van der Waals surface area contributed by atoms with Crippen LogP contribution in [-0.2, 0) is 21.4 Å². The number of carbonyl (C=O) groups excluding carboxylic acids is 2. The number of sulfonamides is 1. The van der Waals surface area contributed by atoms with Gasteiger partial charge in [-0.15, -0.1) is 0 Å². The van der Waals surface area contributed by atoms with Gasteiger partial charge in [0.2, 0.25) is 15.9 Å². The lowest BCUT2D eigenvalue weighted by molar-refractivity contribution is -0.117. The quantitative estimate of drug-likeness (QED) is 0.483. The Balaban J connectivity index is 1.83. The topological polar surface area (TPSA) is 95.6 Å². The third-order valence-electron chi connectivity index (χ3n) is 5.34. The lowest BCUT2D eigenvalue weighted by atomic mass is 10.1. The van der Waals surface area contributed by atoms with E-state index >= 15 is 0 Å². The number of hydrogen-bond acceptors (Lipinski definition) is 4. The van der Waals surface area contributed by atoms with E-state index in [0.29, 0.717) is 23.5 Å². The number of carbonyl (C=O) groups is 2. The number of nitrogens with one attached hydrogen (secondary N) is 2. The van der Waals surface area contributed by atoms with Crippen LogP contribution in [0, 0.1) is 6.92 Å². The molecule has 2 amide bonds. The summed E-state index contributed by atoms with van der Waals surface area (Å²) in [5, 5.41) is 5.62. The van der Waals surface area contributed by atoms with Gasteiger partial charge >= 0.3 is 0 Å². The number of para-hydroxylation sites is 1. The lowest BCUT2D eigenvalue weighted by Gasteiger charge is -2.30. The van der Waals surface area contributed by atoms with E-state index in [-0.39, 0.29) is 12.3 Å². The summed E-state index contributed by atoms with van der Waals surface area (Å²) in [6.07, 6.45) is 1.32. The molecule has 0 heterocycles. The fourth-order valence-electron chi connectivity index (χ4n) is 3.63. The summed E-state index contributed by atoms with van der Waals surface area (Å²) in [7, 11) is -3.75. The maximum absolute atomic E-state index is 13.3. The van der Waals surface area contributed by atoms with Crippen LogP contribution in [0.1, 0.15) is 34.8 Å². The first-order valence-corrected chi connectivity index (χ1v) is 12.8. The fourth-order valence-corrected chi connectivity index (χ4v) is 4.84. The van der Waals surface area contributed by atoms with E-state index in [0.717, 1.165) is 21.7 Å². The third kappa shape index (κ3) is 6.23. The first-order valence-electron chi connectivity index (χ1n) is 11.0. The van der Waals surface area contributed by atoms with Gasteiger partial charge in [0.05, 0.1) is 23.2 Å². The molecule has 1 unspecified atom stereocenters. The molecule has 8 heteroatoms. The molecule has 0 radical (unpaired) electrons. The number of amides is 2. The number of aryl methyl sites for hydroxylation is 1. The van der Waals surface area contributed by atoms with Crippen molar-refractivity contribution in [1.29, 1.82) is 0 Å². The number of benzene rings is 3. The van der Waals surface area contributed by atoms with Crippen molar-refractivity contribution in [1.82, 2.24) is 5.32 Å². The Hall–Kier alpha value is -3.65. The smallest absolute Gasteiger partial charge is 0.253 e. The molecule has 3 aromatic carbocycles. The largest absolute Gasteiger partial charge is 0.348 e. The minimum atomic E-state index is -3.75. The van der Waals surface area contributed by atoms with Gasteiger partial charge in [-0.05, 0) is 43.2 Å². The van der Waals surface area contributed by atoms with Gasteiger partial charge in [0.15, 0.2) is 0 Å². The van der Waals surface area contributed by atoms with Crippen LogP contribution in [0.15, 0.2) is 78.9 Å². The van der Waals surface area contributed by atoms with Gasteiger partial charge in [0, 0.05) is 6.54 Å². The molecule has 0 aliphatic heterocycles. The zero-order chi connectivity index (χ0) is 24.7. The molecule has 0 aromatic heterocycles. The van der Waals surface area contributed by atoms with Crippen molar-refractivity contribution in [2.24, 2.45) is 0 Å². The molecule has 0 fully saturated rings. The van der Waals surface area contributed by atoms with Crippen molar-refractivity contribution in [3.63, 3.8) is 0 Å². The molecule has 3 aromatic rings. The SMILES string of the molecule is CCC(C(=O)Nc1ccccc1C(=O)NCc1ccccc1)N(c1ccc(C)cc1)S(C)(=O)=O. The summed E-state index contributed by atoms with van der Waals surface area (Å²) >= 11 is 0. The predicted molar refractivity (Wildman–Crippen MR) is 135 cm³/mol. The second kappa shape index (κ2) is 11.0. The van der Waals surface area contributed by atoms with Crippen LogP contribution < -0.4 is 14.9 Å². The Kier molecular flexibility index (Phi) is 8.07. The van der Waals surface area contributed by atoms with E-state index in [1.165, 1.54) is 0 Å². The number of rotatable bonds is 9. The van der Waals surface area contributed by atoms with E-state index in [1.54, 1.807) is 55.5 Å². The Bertz CT molecular complexity index is 1240. The van der Waals surface area contributed by atoms with Crippen LogP contribution in [0.25, 0.3) is 0 Å². The van der Waals surface area contributed by atoms with Crippen LogP contribution in [0.4, 0.5) is 11.4 Å². The maximum atomic E-state index is 13.3. The highest BCUT2D eigenvalue weighted by atomic mass is 32.2. The molecule has 0 saturated heterocycles. The highest BCUT2D eigenvalue weighted by molar-refractivity contribution is 7.92. The van der Waals surface area contributed by atoms with Gasteiger partial charge in [0.25, 0.3) is 5.91 Å². The normalized spacial score (nSPS) is 12.0. The molecule has 0 aliphatic carbocycles. The van der Waals surface area contributed by atoms with Crippen LogP contribution in [0.2, 0.25) is 0 Å². The van der Waals surface area contributed by atoms with E-state index in [4.69, 9.17) is 0 Å². The molecule has 178 valence electrons. The average Bonchev–Trinajstić information content (AvgIpc) is 2.82. The standard InChI is InChI=1S/C26H29N3O4S/c1-4-24(29(34(3,32)33)21-16-14-19(2)15-17-21)26(31)28-23-13-9-8-12-22(23)25(30)27-18-20-10-6-5-7-11-20/h5-17,24H,4,18H2,1-3H3,(H,27,30)(H,28,31). The van der Waals surface area contributed by atoms with Crippen molar-refractivity contribution in [2.75, 3.05) is 15.9 Å². The summed E-state index contributed by atoms with van der Waals surface area (Å²) in [4.78, 5) is 26.1. The first-order chi connectivity index (χ1) is 16.2. The molecule has 1 atom stereocenters. The second-order valence-corrected chi connectivity index (χ2v) is 9.88. The lowest BCUT2D eigenvalue weighted by Crippen LogP contribution is -2.47. The van der Waals surface area contributed by atoms with Crippen molar-refractivity contribution >= 4 is 33.2 Å². The van der Waals surface area contributed by atoms with Gasteiger partial charge in [0.1, 0.15) is 6.04 Å². The highest BCUT2D eigenvalue weighted by Gasteiger charge is 2.32. The van der Waals surface area contributed by atoms with E-state index in [1.807, 2.05) is 37.3 Å². The summed E-state index contributed by atoms with van der Waals surface area (Å²) in [6.45, 7) is 3.99. The summed E-state index contributed by atoms with van der Waals surface area (Å²) < 4.78 is 26.4. The Morgan fingerprint density at radius 1 is 0.912 bits per heavy atom. The molecule has 0 saturated carbocycles. The zero-order valence-corrected chi connectivity index (χ0v) is 20.3. The molecule has 3 rings (SSSR count). The molecule has 34 heavy (non-hydrogen) atoms. The van der Waals surface area contributed by atoms with Gasteiger partial charge in [-0.3, -0.25) is 13.9 Å². The number of nitrogens with zero attached hydrogens (tertiary/aromatic N) is 1. The molecule has 2 N–H and O–H groups in total. The molecule has 0 aliphatic rings. The molecular formula is C26H29N3O4S. The van der Waals surface area contributed by atoms with Crippen molar-refractivity contribution in [2.45, 2.75) is 32.9 Å². The monoisotopic (exact) mass is 479 g/mol.